The van der Waals surface area contributed by atoms with Crippen LogP contribution in [0.15, 0.2) is 48.5 Å². The summed E-state index contributed by atoms with van der Waals surface area (Å²) in [5, 5.41) is 0.155. The molecular weight excluding hydrogens is 388 g/mol. The predicted molar refractivity (Wildman–Crippen MR) is 125 cm³/mol. The minimum Gasteiger partial charge on any atom is -0.432 e. The number of nitrogens with two attached hydrogens (primary N) is 2. The first kappa shape index (κ1) is 23.9. The van der Waals surface area contributed by atoms with E-state index in [1.807, 2.05) is 48.5 Å². The summed E-state index contributed by atoms with van der Waals surface area (Å²) in [6, 6.07) is 15.7. The van der Waals surface area contributed by atoms with Crippen molar-refractivity contribution in [1.29, 1.82) is 0 Å². The summed E-state index contributed by atoms with van der Waals surface area (Å²) in [5.74, 6) is 1.57. The van der Waals surface area contributed by atoms with Crippen molar-refractivity contribution in [2.24, 2.45) is 11.5 Å². The van der Waals surface area contributed by atoms with Gasteiger partial charge in [-0.2, -0.15) is 0 Å². The average Bonchev–Trinajstić information content (AvgIpc) is 2.66. The molecule has 2 aromatic rings. The molecule has 0 amide bonds. The lowest BCUT2D eigenvalue weighted by Crippen LogP contribution is -2.16. The Balaban J connectivity index is 0.000000280. The second-order valence-corrected chi connectivity index (χ2v) is 7.07. The Morgan fingerprint density at radius 3 is 1.39 bits per heavy atom. The molecule has 0 fully saturated rings. The lowest BCUT2D eigenvalue weighted by Gasteiger charge is -2.08. The molecule has 0 heterocycles. The molecule has 0 bridgehead atoms. The maximum absolute atomic E-state index is 5.33. The van der Waals surface area contributed by atoms with E-state index in [0.717, 1.165) is 37.2 Å². The lowest BCUT2D eigenvalue weighted by molar-refractivity contribution is 0.546. The molecule has 0 spiro atoms. The van der Waals surface area contributed by atoms with E-state index in [0.29, 0.717) is 0 Å². The van der Waals surface area contributed by atoms with Gasteiger partial charge in [0.05, 0.1) is 0 Å². The van der Waals surface area contributed by atoms with Crippen LogP contribution in [0.5, 0.6) is 11.5 Å². The molecule has 4 nitrogen and oxygen atoms in total. The molecule has 0 atom stereocenters. The summed E-state index contributed by atoms with van der Waals surface area (Å²) in [7, 11) is 0. The normalized spacial score (nSPS) is 9.79. The number of benzene rings is 2. The highest BCUT2D eigenvalue weighted by Crippen LogP contribution is 2.20. The molecule has 0 saturated heterocycles. The van der Waals surface area contributed by atoms with Crippen molar-refractivity contribution in [3.05, 3.63) is 59.7 Å². The Morgan fingerprint density at radius 2 is 1.07 bits per heavy atom. The van der Waals surface area contributed by atoms with Gasteiger partial charge >= 0.3 is 0 Å². The summed E-state index contributed by atoms with van der Waals surface area (Å²) in [4.78, 5) is 0. The molecule has 2 aromatic carbocycles. The third-order valence-electron chi connectivity index (χ3n) is 3.97. The topological polar surface area (TPSA) is 70.5 Å². The van der Waals surface area contributed by atoms with Crippen molar-refractivity contribution in [1.82, 2.24) is 0 Å². The van der Waals surface area contributed by atoms with Crippen LogP contribution in [0.3, 0.4) is 0 Å². The minimum atomic E-state index is 0.0777. The Bertz CT molecular complexity index is 687. The fourth-order valence-electron chi connectivity index (χ4n) is 2.57. The maximum Gasteiger partial charge on any atom is 0.259 e. The number of ether oxygens (including phenoxy) is 2. The number of hydrogen-bond acceptors (Lipinski definition) is 4. The van der Waals surface area contributed by atoms with Crippen LogP contribution in [-0.2, 0) is 12.8 Å². The molecule has 0 radical (unpaired) electrons. The van der Waals surface area contributed by atoms with Crippen LogP contribution in [0.4, 0.5) is 0 Å². The molecular formula is C22H30N2O2S2. The van der Waals surface area contributed by atoms with Crippen LogP contribution < -0.4 is 20.9 Å². The third kappa shape index (κ3) is 9.67. The highest BCUT2D eigenvalue weighted by atomic mass is 32.1. The number of hydrogen-bond donors (Lipinski definition) is 2. The van der Waals surface area contributed by atoms with E-state index in [1.54, 1.807) is 0 Å². The summed E-state index contributed by atoms with van der Waals surface area (Å²) in [6.07, 6.45) is 6.66. The number of para-hydroxylation sites is 2. The molecule has 6 heteroatoms. The fourth-order valence-corrected chi connectivity index (χ4v) is 2.75. The second-order valence-electron chi connectivity index (χ2n) is 6.26. The molecule has 0 aromatic heterocycles. The van der Waals surface area contributed by atoms with Gasteiger partial charge in [0.25, 0.3) is 10.3 Å². The molecule has 152 valence electrons. The van der Waals surface area contributed by atoms with E-state index < -0.39 is 0 Å². The summed E-state index contributed by atoms with van der Waals surface area (Å²) in [6.45, 7) is 4.33. The monoisotopic (exact) mass is 418 g/mol. The molecule has 0 aliphatic carbocycles. The van der Waals surface area contributed by atoms with Crippen molar-refractivity contribution in [3.8, 4) is 11.5 Å². The van der Waals surface area contributed by atoms with Gasteiger partial charge in [0, 0.05) is 0 Å². The van der Waals surface area contributed by atoms with Crippen molar-refractivity contribution in [2.75, 3.05) is 0 Å². The molecule has 0 unspecified atom stereocenters. The summed E-state index contributed by atoms with van der Waals surface area (Å²) in [5.41, 5.74) is 13.0. The average molecular weight is 419 g/mol. The van der Waals surface area contributed by atoms with Crippen molar-refractivity contribution in [2.45, 2.75) is 52.4 Å². The van der Waals surface area contributed by atoms with Gasteiger partial charge in [0.15, 0.2) is 0 Å². The highest BCUT2D eigenvalue weighted by Gasteiger charge is 2.04. The Kier molecular flexibility index (Phi) is 11.9. The molecule has 0 aliphatic heterocycles. The van der Waals surface area contributed by atoms with E-state index in [2.05, 4.69) is 13.8 Å². The zero-order valence-corrected chi connectivity index (χ0v) is 18.3. The van der Waals surface area contributed by atoms with Gasteiger partial charge in [-0.3, -0.25) is 0 Å². The van der Waals surface area contributed by atoms with E-state index in [-0.39, 0.29) is 10.3 Å². The van der Waals surface area contributed by atoms with Crippen LogP contribution in [0, 0.1) is 0 Å². The smallest absolute Gasteiger partial charge is 0.259 e. The first-order chi connectivity index (χ1) is 13.5. The fraction of sp³-hybridized carbons (Fsp3) is 0.364. The molecule has 0 saturated carbocycles. The standard InChI is InChI=1S/2C11H15NOS/c2*1-2-3-6-9-7-4-5-8-10(9)13-11(12)14/h2*4-5,7-8H,2-3,6H2,1H3,(H2,12,14). The quantitative estimate of drug-likeness (QED) is 0.567. The van der Waals surface area contributed by atoms with E-state index in [4.69, 9.17) is 45.4 Å². The zero-order valence-electron chi connectivity index (χ0n) is 16.6. The molecule has 2 rings (SSSR count). The van der Waals surface area contributed by atoms with E-state index in [1.165, 1.54) is 24.0 Å². The SMILES string of the molecule is CCCCc1ccccc1OC(N)=S.CCCCc1ccccc1OC(N)=S. The number of aryl methyl sites for hydroxylation is 2. The third-order valence-corrected chi connectivity index (χ3v) is 4.13. The second kappa shape index (κ2) is 13.9. The van der Waals surface area contributed by atoms with Crippen molar-refractivity contribution in [3.63, 3.8) is 0 Å². The van der Waals surface area contributed by atoms with Gasteiger partial charge in [-0.1, -0.05) is 63.1 Å². The summed E-state index contributed by atoms with van der Waals surface area (Å²) >= 11 is 9.41. The number of unbranched alkanes of at least 4 members (excludes halogenated alkanes) is 2. The van der Waals surface area contributed by atoms with E-state index in [9.17, 15) is 0 Å². The molecule has 0 aliphatic rings. The van der Waals surface area contributed by atoms with Crippen LogP contribution in [0.2, 0.25) is 0 Å². The largest absolute Gasteiger partial charge is 0.432 e. The Morgan fingerprint density at radius 1 is 0.714 bits per heavy atom. The predicted octanol–water partition coefficient (Wildman–Crippen LogP) is 5.30. The maximum atomic E-state index is 5.33. The van der Waals surface area contributed by atoms with Crippen molar-refractivity contribution < 1.29 is 9.47 Å². The summed E-state index contributed by atoms with van der Waals surface area (Å²) < 4.78 is 10.5. The Hall–Kier alpha value is -2.18. The van der Waals surface area contributed by atoms with Gasteiger partial charge < -0.3 is 20.9 Å². The van der Waals surface area contributed by atoms with Crippen LogP contribution in [-0.4, -0.2) is 10.3 Å². The van der Waals surface area contributed by atoms with Gasteiger partial charge in [0.2, 0.25) is 0 Å². The minimum absolute atomic E-state index is 0.0777. The number of thiocarbonyl (C=S) groups is 2. The van der Waals surface area contributed by atoms with Gasteiger partial charge in [0.1, 0.15) is 11.5 Å². The highest BCUT2D eigenvalue weighted by molar-refractivity contribution is 7.80. The van der Waals surface area contributed by atoms with E-state index >= 15 is 0 Å². The van der Waals surface area contributed by atoms with Gasteiger partial charge in [-0.15, -0.1) is 0 Å². The molecule has 4 N–H and O–H groups in total. The van der Waals surface area contributed by atoms with Gasteiger partial charge in [-0.25, -0.2) is 0 Å². The number of rotatable bonds is 8. The molecule has 28 heavy (non-hydrogen) atoms. The first-order valence-corrected chi connectivity index (χ1v) is 10.4. The van der Waals surface area contributed by atoms with Crippen LogP contribution in [0.1, 0.15) is 50.7 Å². The lowest BCUT2D eigenvalue weighted by atomic mass is 10.1. The van der Waals surface area contributed by atoms with Crippen molar-refractivity contribution >= 4 is 34.8 Å². The van der Waals surface area contributed by atoms with Crippen LogP contribution >= 0.6 is 24.4 Å². The van der Waals surface area contributed by atoms with Crippen LogP contribution in [0.25, 0.3) is 0 Å². The first-order valence-electron chi connectivity index (χ1n) is 9.58. The zero-order chi connectivity index (χ0) is 20.8. The Labute approximate surface area is 179 Å². The van der Waals surface area contributed by atoms with Gasteiger partial charge in [-0.05, 0) is 73.4 Å².